The van der Waals surface area contributed by atoms with Crippen LogP contribution < -0.4 is 4.74 Å². The number of rotatable bonds is 13. The standard InChI is InChI=1S/C25H35FN2O4S/c1-3-6-20(29)16-27(11-5-13-31-2)17-25(30)28-12-9-24-22(10-14-33-24)23(28)18-32-21-8-4-7-19(26)15-21/h4,7-8,10,14-15,20,23,29H,3,5-6,9,11-13,16-18H2,1-2H3. The molecule has 2 atom stereocenters. The van der Waals surface area contributed by atoms with Crippen molar-refractivity contribution in [2.24, 2.45) is 0 Å². The molecule has 0 radical (unpaired) electrons. The van der Waals surface area contributed by atoms with Crippen molar-refractivity contribution in [2.75, 3.05) is 46.5 Å². The highest BCUT2D eigenvalue weighted by atomic mass is 32.1. The van der Waals surface area contributed by atoms with Crippen LogP contribution in [0.4, 0.5) is 4.39 Å². The van der Waals surface area contributed by atoms with Gasteiger partial charge in [-0.25, -0.2) is 4.39 Å². The SMILES string of the molecule is CCCC(O)CN(CCCOC)CC(=O)N1CCc2sccc2C1COc1cccc(F)c1. The summed E-state index contributed by atoms with van der Waals surface area (Å²) < 4.78 is 24.7. The van der Waals surface area contributed by atoms with Gasteiger partial charge in [-0.05, 0) is 48.4 Å². The van der Waals surface area contributed by atoms with Crippen LogP contribution in [0, 0.1) is 5.82 Å². The Hall–Kier alpha value is -2.00. The fraction of sp³-hybridized carbons (Fsp3) is 0.560. The zero-order valence-electron chi connectivity index (χ0n) is 19.5. The van der Waals surface area contributed by atoms with Gasteiger partial charge in [0, 0.05) is 44.3 Å². The third-order valence-corrected chi connectivity index (χ3v) is 6.89. The number of halogens is 1. The normalized spacial score (nSPS) is 16.6. The molecule has 0 bridgehead atoms. The molecule has 6 nitrogen and oxygen atoms in total. The van der Waals surface area contributed by atoms with E-state index < -0.39 is 6.10 Å². The van der Waals surface area contributed by atoms with Gasteiger partial charge in [0.2, 0.25) is 5.91 Å². The van der Waals surface area contributed by atoms with Gasteiger partial charge >= 0.3 is 0 Å². The maximum atomic E-state index is 13.6. The third kappa shape index (κ3) is 7.50. The maximum Gasteiger partial charge on any atom is 0.237 e. The molecule has 182 valence electrons. The number of fused-ring (bicyclic) bond motifs is 1. The molecular formula is C25H35FN2O4S. The molecule has 1 aromatic heterocycles. The van der Waals surface area contributed by atoms with Crippen molar-refractivity contribution in [3.05, 3.63) is 52.0 Å². The number of carbonyl (C=O) groups is 1. The summed E-state index contributed by atoms with van der Waals surface area (Å²) in [5, 5.41) is 12.4. The Bertz CT molecular complexity index is 878. The van der Waals surface area contributed by atoms with Gasteiger partial charge in [0.05, 0.1) is 18.7 Å². The van der Waals surface area contributed by atoms with Gasteiger partial charge in [-0.15, -0.1) is 11.3 Å². The van der Waals surface area contributed by atoms with Gasteiger partial charge in [-0.1, -0.05) is 19.4 Å². The van der Waals surface area contributed by atoms with Crippen molar-refractivity contribution in [3.63, 3.8) is 0 Å². The Morgan fingerprint density at radius 1 is 1.39 bits per heavy atom. The highest BCUT2D eigenvalue weighted by molar-refractivity contribution is 7.10. The van der Waals surface area contributed by atoms with E-state index in [2.05, 4.69) is 6.07 Å². The lowest BCUT2D eigenvalue weighted by molar-refractivity contribution is -0.136. The summed E-state index contributed by atoms with van der Waals surface area (Å²) in [6.07, 6.45) is 2.76. The lowest BCUT2D eigenvalue weighted by Crippen LogP contribution is -2.48. The largest absolute Gasteiger partial charge is 0.491 e. The molecular weight excluding hydrogens is 443 g/mol. The molecule has 0 aliphatic carbocycles. The van der Waals surface area contributed by atoms with Crippen molar-refractivity contribution in [1.82, 2.24) is 9.80 Å². The van der Waals surface area contributed by atoms with Crippen LogP contribution in [0.5, 0.6) is 5.75 Å². The molecule has 0 saturated heterocycles. The first kappa shape index (κ1) is 25.6. The molecule has 0 spiro atoms. The Kier molecular flexibility index (Phi) is 10.1. The van der Waals surface area contributed by atoms with E-state index in [1.807, 2.05) is 22.1 Å². The number of hydrogen-bond acceptors (Lipinski definition) is 6. The summed E-state index contributed by atoms with van der Waals surface area (Å²) in [5.74, 6) is 0.118. The summed E-state index contributed by atoms with van der Waals surface area (Å²) >= 11 is 1.70. The monoisotopic (exact) mass is 478 g/mol. The Balaban J connectivity index is 1.70. The van der Waals surface area contributed by atoms with E-state index in [0.717, 1.165) is 24.8 Å². The van der Waals surface area contributed by atoms with Crippen LogP contribution in [0.15, 0.2) is 35.7 Å². The van der Waals surface area contributed by atoms with E-state index >= 15 is 0 Å². The molecule has 0 fully saturated rings. The number of carbonyl (C=O) groups excluding carboxylic acids is 1. The summed E-state index contributed by atoms with van der Waals surface area (Å²) in [5.41, 5.74) is 1.10. The summed E-state index contributed by atoms with van der Waals surface area (Å²) in [6.45, 7) is 4.92. The van der Waals surface area contributed by atoms with Gasteiger partial charge in [0.25, 0.3) is 0 Å². The number of nitrogens with zero attached hydrogens (tertiary/aromatic N) is 2. The number of amides is 1. The molecule has 1 aliphatic heterocycles. The van der Waals surface area contributed by atoms with Gasteiger partial charge < -0.3 is 19.5 Å². The topological polar surface area (TPSA) is 62.2 Å². The number of methoxy groups -OCH3 is 1. The number of hydrogen-bond donors (Lipinski definition) is 1. The number of benzene rings is 1. The van der Waals surface area contributed by atoms with Crippen molar-refractivity contribution in [1.29, 1.82) is 0 Å². The van der Waals surface area contributed by atoms with Crippen molar-refractivity contribution >= 4 is 17.2 Å². The number of ether oxygens (including phenoxy) is 2. The van der Waals surface area contributed by atoms with Crippen LogP contribution in [-0.4, -0.2) is 73.4 Å². The molecule has 2 aromatic rings. The zero-order chi connectivity index (χ0) is 23.6. The molecule has 1 N–H and O–H groups in total. The molecule has 1 aliphatic rings. The lowest BCUT2D eigenvalue weighted by atomic mass is 10.0. The average molecular weight is 479 g/mol. The van der Waals surface area contributed by atoms with Crippen LogP contribution >= 0.6 is 11.3 Å². The molecule has 8 heteroatoms. The second-order valence-corrected chi connectivity index (χ2v) is 9.45. The van der Waals surface area contributed by atoms with E-state index in [1.54, 1.807) is 30.6 Å². The minimum atomic E-state index is -0.456. The van der Waals surface area contributed by atoms with Crippen molar-refractivity contribution in [3.8, 4) is 5.75 Å². The van der Waals surface area contributed by atoms with Crippen LogP contribution in [-0.2, 0) is 16.0 Å². The number of thiophene rings is 1. The Labute approximate surface area is 199 Å². The highest BCUT2D eigenvalue weighted by Crippen LogP contribution is 2.34. The maximum absolute atomic E-state index is 13.6. The van der Waals surface area contributed by atoms with Crippen molar-refractivity contribution in [2.45, 2.75) is 44.8 Å². The van der Waals surface area contributed by atoms with Crippen molar-refractivity contribution < 1.29 is 23.8 Å². The molecule has 1 aromatic carbocycles. The second kappa shape index (κ2) is 13.0. The number of aliphatic hydroxyl groups excluding tert-OH is 1. The molecule has 1 amide bonds. The van der Waals surface area contributed by atoms with E-state index in [1.165, 1.54) is 17.0 Å². The predicted octanol–water partition coefficient (Wildman–Crippen LogP) is 3.89. The van der Waals surface area contributed by atoms with Crippen LogP contribution in [0.2, 0.25) is 0 Å². The molecule has 33 heavy (non-hydrogen) atoms. The first-order chi connectivity index (χ1) is 16.0. The second-order valence-electron chi connectivity index (χ2n) is 8.44. The third-order valence-electron chi connectivity index (χ3n) is 5.89. The van der Waals surface area contributed by atoms with Crippen LogP contribution in [0.25, 0.3) is 0 Å². The van der Waals surface area contributed by atoms with Crippen LogP contribution in [0.3, 0.4) is 0 Å². The lowest BCUT2D eigenvalue weighted by Gasteiger charge is -2.37. The Morgan fingerprint density at radius 3 is 3.00 bits per heavy atom. The molecule has 2 heterocycles. The molecule has 0 saturated carbocycles. The minimum Gasteiger partial charge on any atom is -0.491 e. The quantitative estimate of drug-likeness (QED) is 0.443. The van der Waals surface area contributed by atoms with Crippen LogP contribution in [0.1, 0.15) is 42.7 Å². The Morgan fingerprint density at radius 2 is 2.24 bits per heavy atom. The smallest absolute Gasteiger partial charge is 0.237 e. The number of aliphatic hydroxyl groups is 1. The van der Waals surface area contributed by atoms with E-state index in [-0.39, 0.29) is 30.9 Å². The van der Waals surface area contributed by atoms with Gasteiger partial charge in [0.15, 0.2) is 0 Å². The molecule has 3 rings (SSSR count). The van der Waals surface area contributed by atoms with Gasteiger partial charge in [0.1, 0.15) is 18.2 Å². The summed E-state index contributed by atoms with van der Waals surface area (Å²) in [6, 6.07) is 7.91. The predicted molar refractivity (Wildman–Crippen MR) is 128 cm³/mol. The zero-order valence-corrected chi connectivity index (χ0v) is 20.4. The van der Waals surface area contributed by atoms with Gasteiger partial charge in [-0.3, -0.25) is 9.69 Å². The average Bonchev–Trinajstić information content (AvgIpc) is 3.27. The summed E-state index contributed by atoms with van der Waals surface area (Å²) in [7, 11) is 1.66. The minimum absolute atomic E-state index is 0.0146. The fourth-order valence-corrected chi connectivity index (χ4v) is 5.21. The fourth-order valence-electron chi connectivity index (χ4n) is 4.28. The van der Waals surface area contributed by atoms with E-state index in [9.17, 15) is 14.3 Å². The first-order valence-corrected chi connectivity index (χ1v) is 12.5. The van der Waals surface area contributed by atoms with Gasteiger partial charge in [-0.2, -0.15) is 0 Å². The first-order valence-electron chi connectivity index (χ1n) is 11.6. The summed E-state index contributed by atoms with van der Waals surface area (Å²) in [4.78, 5) is 18.6. The van der Waals surface area contributed by atoms with E-state index in [0.29, 0.717) is 38.4 Å². The molecule has 2 unspecified atom stereocenters. The highest BCUT2D eigenvalue weighted by Gasteiger charge is 2.33. The van der Waals surface area contributed by atoms with E-state index in [4.69, 9.17) is 9.47 Å².